The maximum atomic E-state index is 3.89. The van der Waals surface area contributed by atoms with Crippen LogP contribution in [0, 0.1) is 18.9 Å². The fourth-order valence-corrected chi connectivity index (χ4v) is 4.88. The summed E-state index contributed by atoms with van der Waals surface area (Å²) in [7, 11) is 0. The predicted octanol–water partition coefficient (Wildman–Crippen LogP) is 5.31. The Bertz CT molecular complexity index is 765. The molecule has 0 unspecified atom stereocenters. The Morgan fingerprint density at radius 1 is 0.909 bits per heavy atom. The Balaban J connectivity index is 1.86. The molecule has 1 nitrogen and oxygen atoms in total. The van der Waals surface area contributed by atoms with E-state index in [0.717, 1.165) is 0 Å². The van der Waals surface area contributed by atoms with Gasteiger partial charge < -0.3 is 4.90 Å². The van der Waals surface area contributed by atoms with Crippen molar-refractivity contribution in [1.29, 1.82) is 0 Å². The molecule has 0 amide bonds. The molecule has 1 heteroatoms. The standard InChI is InChI=1S/C21H21N/c1-15-6-5-8-17-16-7-3-4-9-18(16)21-12-10-20(2,11-13-21)14-22(21)19(15)17/h3-9H,10-13H2,1-2H3. The van der Waals surface area contributed by atoms with E-state index in [0.29, 0.717) is 0 Å². The molecule has 3 fully saturated rings. The molecule has 1 saturated carbocycles. The van der Waals surface area contributed by atoms with Gasteiger partial charge in [0.15, 0.2) is 0 Å². The maximum Gasteiger partial charge on any atom is 0.0986 e. The minimum Gasteiger partial charge on any atom is -0.350 e. The Morgan fingerprint density at radius 3 is 2.45 bits per heavy atom. The van der Waals surface area contributed by atoms with Crippen molar-refractivity contribution in [2.75, 3.05) is 4.90 Å². The summed E-state index contributed by atoms with van der Waals surface area (Å²) in [6.07, 6.45) is 5.03. The van der Waals surface area contributed by atoms with Crippen molar-refractivity contribution in [3.8, 4) is 11.1 Å². The molecule has 0 atom stereocenters. The van der Waals surface area contributed by atoms with E-state index >= 15 is 0 Å². The van der Waals surface area contributed by atoms with Crippen molar-refractivity contribution in [3.05, 3.63) is 60.1 Å². The predicted molar refractivity (Wildman–Crippen MR) is 90.6 cm³/mol. The first-order valence-corrected chi connectivity index (χ1v) is 8.41. The lowest BCUT2D eigenvalue weighted by atomic mass is 9.58. The molecule has 110 valence electrons. The molecule has 2 aromatic carbocycles. The van der Waals surface area contributed by atoms with Crippen LogP contribution in [0.4, 0.5) is 5.69 Å². The summed E-state index contributed by atoms with van der Waals surface area (Å²) in [6.45, 7) is 8.52. The quantitative estimate of drug-likeness (QED) is 0.634. The van der Waals surface area contributed by atoms with Gasteiger partial charge in [-0.05, 0) is 54.7 Å². The molecule has 4 aliphatic rings. The highest BCUT2D eigenvalue weighted by molar-refractivity contribution is 5.88. The van der Waals surface area contributed by atoms with Crippen molar-refractivity contribution in [1.82, 2.24) is 0 Å². The summed E-state index contributed by atoms with van der Waals surface area (Å²) in [5.41, 5.74) is 7.50. The van der Waals surface area contributed by atoms with Crippen LogP contribution in [-0.2, 0) is 5.54 Å². The second-order valence-electron chi connectivity index (χ2n) is 7.56. The van der Waals surface area contributed by atoms with Crippen molar-refractivity contribution < 1.29 is 0 Å². The Labute approximate surface area is 133 Å². The highest BCUT2D eigenvalue weighted by Gasteiger charge is 2.55. The zero-order chi connectivity index (χ0) is 14.9. The Kier molecular flexibility index (Phi) is 2.29. The fraction of sp³-hybridized carbons (Fsp3) is 0.381. The molecule has 22 heavy (non-hydrogen) atoms. The minimum absolute atomic E-state index is 0.146. The molecule has 2 aromatic rings. The van der Waals surface area contributed by atoms with Crippen LogP contribution in [0.1, 0.15) is 43.7 Å². The van der Waals surface area contributed by atoms with E-state index in [1.165, 1.54) is 53.6 Å². The number of rotatable bonds is 0. The number of anilines is 1. The average Bonchev–Trinajstić information content (AvgIpc) is 2.55. The molecule has 2 radical (unpaired) electrons. The topological polar surface area (TPSA) is 3.24 Å². The highest BCUT2D eigenvalue weighted by Crippen LogP contribution is 2.63. The van der Waals surface area contributed by atoms with Gasteiger partial charge in [0.05, 0.1) is 12.1 Å². The van der Waals surface area contributed by atoms with Crippen LogP contribution in [0.15, 0.2) is 42.5 Å². The summed E-state index contributed by atoms with van der Waals surface area (Å²) in [4.78, 5) is 2.53. The summed E-state index contributed by atoms with van der Waals surface area (Å²) >= 11 is 0. The van der Waals surface area contributed by atoms with Gasteiger partial charge in [-0.25, -0.2) is 0 Å². The number of hydrogen-bond donors (Lipinski definition) is 0. The number of hydrogen-bond acceptors (Lipinski definition) is 1. The molecule has 2 saturated heterocycles. The van der Waals surface area contributed by atoms with Crippen LogP contribution in [0.2, 0.25) is 0 Å². The maximum absolute atomic E-state index is 3.89. The second kappa shape index (κ2) is 3.95. The van der Waals surface area contributed by atoms with Crippen LogP contribution in [0.3, 0.4) is 0 Å². The van der Waals surface area contributed by atoms with Crippen LogP contribution < -0.4 is 4.90 Å². The molecular weight excluding hydrogens is 266 g/mol. The SMILES string of the molecule is Cc1cccc2c1N1[C]C3(C)CCC1(CC3)c1ccccc1-2. The number of fused-ring (bicyclic) bond motifs is 5. The van der Waals surface area contributed by atoms with Crippen LogP contribution in [-0.4, -0.2) is 0 Å². The van der Waals surface area contributed by atoms with E-state index in [-0.39, 0.29) is 11.0 Å². The number of para-hydroxylation sites is 1. The van der Waals surface area contributed by atoms with Gasteiger partial charge in [0, 0.05) is 11.3 Å². The molecule has 0 aromatic heterocycles. The lowest BCUT2D eigenvalue weighted by molar-refractivity contribution is 0.112. The lowest BCUT2D eigenvalue weighted by Crippen LogP contribution is -2.58. The van der Waals surface area contributed by atoms with Crippen molar-refractivity contribution >= 4 is 5.69 Å². The van der Waals surface area contributed by atoms with E-state index in [2.05, 4.69) is 67.8 Å². The molecule has 3 heterocycles. The zero-order valence-electron chi connectivity index (χ0n) is 13.3. The molecule has 6 rings (SSSR count). The van der Waals surface area contributed by atoms with E-state index in [1.807, 2.05) is 0 Å². The zero-order valence-corrected chi connectivity index (χ0v) is 13.3. The third kappa shape index (κ3) is 1.40. The van der Waals surface area contributed by atoms with Gasteiger partial charge in [0.25, 0.3) is 0 Å². The van der Waals surface area contributed by atoms with Gasteiger partial charge in [-0.1, -0.05) is 49.4 Å². The van der Waals surface area contributed by atoms with E-state index in [4.69, 9.17) is 0 Å². The van der Waals surface area contributed by atoms with Crippen molar-refractivity contribution in [2.24, 2.45) is 5.41 Å². The first-order valence-electron chi connectivity index (χ1n) is 8.41. The van der Waals surface area contributed by atoms with Crippen molar-refractivity contribution in [3.63, 3.8) is 0 Å². The van der Waals surface area contributed by atoms with Crippen molar-refractivity contribution in [2.45, 2.75) is 45.1 Å². The normalized spacial score (nSPS) is 31.5. The molecule has 3 aliphatic heterocycles. The molecule has 2 bridgehead atoms. The van der Waals surface area contributed by atoms with Crippen LogP contribution in [0.5, 0.6) is 0 Å². The Morgan fingerprint density at radius 2 is 1.64 bits per heavy atom. The smallest absolute Gasteiger partial charge is 0.0986 e. The van der Waals surface area contributed by atoms with Crippen LogP contribution >= 0.6 is 0 Å². The minimum atomic E-state index is 0.146. The molecule has 0 N–H and O–H groups in total. The lowest BCUT2D eigenvalue weighted by Gasteiger charge is -2.61. The number of aryl methyl sites for hydroxylation is 1. The molecule has 1 aliphatic carbocycles. The second-order valence-corrected chi connectivity index (χ2v) is 7.56. The highest BCUT2D eigenvalue weighted by atomic mass is 15.2. The average molecular weight is 287 g/mol. The van der Waals surface area contributed by atoms with E-state index < -0.39 is 0 Å². The number of benzene rings is 2. The van der Waals surface area contributed by atoms with Gasteiger partial charge in [-0.15, -0.1) is 0 Å². The third-order valence-corrected chi connectivity index (χ3v) is 6.17. The molecule has 1 spiro atoms. The third-order valence-electron chi connectivity index (χ3n) is 6.17. The molecular formula is C21H21N. The van der Waals surface area contributed by atoms with E-state index in [9.17, 15) is 0 Å². The number of piperidine rings is 2. The van der Waals surface area contributed by atoms with E-state index in [1.54, 1.807) is 0 Å². The van der Waals surface area contributed by atoms with Gasteiger partial charge in [0.1, 0.15) is 0 Å². The fourth-order valence-electron chi connectivity index (χ4n) is 4.88. The summed E-state index contributed by atoms with van der Waals surface area (Å²) in [6, 6.07) is 15.8. The van der Waals surface area contributed by atoms with Gasteiger partial charge in [0.2, 0.25) is 0 Å². The monoisotopic (exact) mass is 287 g/mol. The van der Waals surface area contributed by atoms with Crippen LogP contribution in [0.25, 0.3) is 11.1 Å². The first kappa shape index (κ1) is 12.8. The largest absolute Gasteiger partial charge is 0.350 e. The summed E-state index contributed by atoms with van der Waals surface area (Å²) in [5, 5.41) is 0. The number of nitrogens with zero attached hydrogens (tertiary/aromatic N) is 1. The summed E-state index contributed by atoms with van der Waals surface area (Å²) in [5.74, 6) is 0. The summed E-state index contributed by atoms with van der Waals surface area (Å²) < 4.78 is 0. The van der Waals surface area contributed by atoms with Gasteiger partial charge in [-0.2, -0.15) is 0 Å². The Hall–Kier alpha value is -1.76. The van der Waals surface area contributed by atoms with Gasteiger partial charge in [-0.3, -0.25) is 0 Å². The van der Waals surface area contributed by atoms with Gasteiger partial charge >= 0.3 is 0 Å². The first-order chi connectivity index (χ1) is 10.6.